The predicted octanol–water partition coefficient (Wildman–Crippen LogP) is 2.99. The zero-order valence-electron chi connectivity index (χ0n) is 13.4. The van der Waals surface area contributed by atoms with Gasteiger partial charge in [0, 0.05) is 23.4 Å². The van der Waals surface area contributed by atoms with Gasteiger partial charge in [0.15, 0.2) is 0 Å². The average molecular weight is 313 g/mol. The molecule has 5 heteroatoms. The smallest absolute Gasteiger partial charge is 0.232 e. The first kappa shape index (κ1) is 15.2. The Morgan fingerprint density at radius 1 is 1.00 bits per heavy atom. The molecule has 0 unspecified atom stereocenters. The molecule has 0 fully saturated rings. The normalized spacial score (nSPS) is 15.8. The molecule has 120 valence electrons. The minimum Gasteiger partial charge on any atom is -0.496 e. The van der Waals surface area contributed by atoms with Crippen LogP contribution in [0.1, 0.15) is 17.0 Å². The molecule has 0 radical (unpaired) electrons. The third-order valence-electron chi connectivity index (χ3n) is 4.14. The van der Waals surface area contributed by atoms with Gasteiger partial charge in [0.1, 0.15) is 17.2 Å². The summed E-state index contributed by atoms with van der Waals surface area (Å²) in [6.45, 7) is 0. The SMILES string of the molecule is COc1cc(OC)c(C[C@H]2C(=O)Nc3ccccc32)c(OC)c1. The van der Waals surface area contributed by atoms with Crippen LogP contribution in [0.4, 0.5) is 5.69 Å². The van der Waals surface area contributed by atoms with Crippen molar-refractivity contribution in [3.63, 3.8) is 0 Å². The maximum absolute atomic E-state index is 12.3. The summed E-state index contributed by atoms with van der Waals surface area (Å²) in [5.41, 5.74) is 2.72. The van der Waals surface area contributed by atoms with Crippen LogP contribution in [0.5, 0.6) is 17.2 Å². The molecule has 0 aliphatic carbocycles. The van der Waals surface area contributed by atoms with Gasteiger partial charge in [-0.05, 0) is 18.1 Å². The van der Waals surface area contributed by atoms with E-state index >= 15 is 0 Å². The van der Waals surface area contributed by atoms with E-state index in [1.54, 1.807) is 33.5 Å². The van der Waals surface area contributed by atoms with Gasteiger partial charge in [0.2, 0.25) is 5.91 Å². The molecule has 5 nitrogen and oxygen atoms in total. The Hall–Kier alpha value is -2.69. The topological polar surface area (TPSA) is 56.8 Å². The van der Waals surface area contributed by atoms with Gasteiger partial charge in [-0.15, -0.1) is 0 Å². The molecular weight excluding hydrogens is 294 g/mol. The van der Waals surface area contributed by atoms with Gasteiger partial charge in [0.25, 0.3) is 0 Å². The van der Waals surface area contributed by atoms with E-state index in [1.165, 1.54) is 0 Å². The average Bonchev–Trinajstić information content (AvgIpc) is 2.90. The summed E-state index contributed by atoms with van der Waals surface area (Å²) < 4.78 is 16.2. The predicted molar refractivity (Wildman–Crippen MR) is 87.6 cm³/mol. The standard InChI is InChI=1S/C18H19NO4/c1-21-11-8-16(22-2)14(17(9-11)23-3)10-13-12-6-4-5-7-15(12)19-18(13)20/h4-9,13H,10H2,1-3H3,(H,19,20)/t13-/m1/s1. The second-order valence-electron chi connectivity index (χ2n) is 5.34. The first-order valence-corrected chi connectivity index (χ1v) is 7.36. The first-order chi connectivity index (χ1) is 11.2. The number of anilines is 1. The number of rotatable bonds is 5. The van der Waals surface area contributed by atoms with Crippen LogP contribution in [0.2, 0.25) is 0 Å². The van der Waals surface area contributed by atoms with E-state index in [9.17, 15) is 4.79 Å². The van der Waals surface area contributed by atoms with Crippen LogP contribution >= 0.6 is 0 Å². The minimum absolute atomic E-state index is 0.00822. The number of fused-ring (bicyclic) bond motifs is 1. The number of amides is 1. The molecule has 0 spiro atoms. The zero-order chi connectivity index (χ0) is 16.4. The lowest BCUT2D eigenvalue weighted by atomic mass is 9.92. The highest BCUT2D eigenvalue weighted by molar-refractivity contribution is 6.03. The molecule has 0 saturated heterocycles. The van der Waals surface area contributed by atoms with E-state index in [4.69, 9.17) is 14.2 Å². The molecule has 1 aliphatic rings. The summed E-state index contributed by atoms with van der Waals surface area (Å²) in [6.07, 6.45) is 0.499. The number of carbonyl (C=O) groups is 1. The third kappa shape index (κ3) is 2.70. The van der Waals surface area contributed by atoms with Crippen molar-refractivity contribution < 1.29 is 19.0 Å². The number of benzene rings is 2. The second kappa shape index (κ2) is 6.20. The van der Waals surface area contributed by atoms with E-state index in [-0.39, 0.29) is 11.8 Å². The van der Waals surface area contributed by atoms with Crippen LogP contribution in [0.3, 0.4) is 0 Å². The van der Waals surface area contributed by atoms with E-state index < -0.39 is 0 Å². The Labute approximate surface area is 135 Å². The summed E-state index contributed by atoms with van der Waals surface area (Å²) in [5, 5.41) is 2.92. The van der Waals surface area contributed by atoms with Gasteiger partial charge in [-0.25, -0.2) is 0 Å². The van der Waals surface area contributed by atoms with E-state index in [2.05, 4.69) is 5.32 Å². The largest absolute Gasteiger partial charge is 0.496 e. The summed E-state index contributed by atoms with van der Waals surface area (Å²) >= 11 is 0. The number of para-hydroxylation sites is 1. The van der Waals surface area contributed by atoms with Gasteiger partial charge < -0.3 is 19.5 Å². The zero-order valence-corrected chi connectivity index (χ0v) is 13.4. The van der Waals surface area contributed by atoms with Crippen molar-refractivity contribution >= 4 is 11.6 Å². The molecule has 2 aromatic rings. The van der Waals surface area contributed by atoms with Crippen molar-refractivity contribution in [2.75, 3.05) is 26.6 Å². The summed E-state index contributed by atoms with van der Waals surface area (Å²) in [6, 6.07) is 11.3. The van der Waals surface area contributed by atoms with Crippen molar-refractivity contribution in [1.82, 2.24) is 0 Å². The Kier molecular flexibility index (Phi) is 4.10. The number of hydrogen-bond acceptors (Lipinski definition) is 4. The van der Waals surface area contributed by atoms with E-state index in [0.717, 1.165) is 16.8 Å². The molecule has 1 heterocycles. The maximum Gasteiger partial charge on any atom is 0.232 e. The van der Waals surface area contributed by atoms with Crippen LogP contribution in [-0.4, -0.2) is 27.2 Å². The van der Waals surface area contributed by atoms with Gasteiger partial charge in [0.05, 0.1) is 27.2 Å². The van der Waals surface area contributed by atoms with Crippen LogP contribution in [0.15, 0.2) is 36.4 Å². The second-order valence-corrected chi connectivity index (χ2v) is 5.34. The molecule has 1 aliphatic heterocycles. The molecule has 1 amide bonds. The fourth-order valence-electron chi connectivity index (χ4n) is 2.96. The summed E-state index contributed by atoms with van der Waals surface area (Å²) in [4.78, 5) is 12.3. The maximum atomic E-state index is 12.3. The molecule has 2 aromatic carbocycles. The molecular formula is C18H19NO4. The fraction of sp³-hybridized carbons (Fsp3) is 0.278. The van der Waals surface area contributed by atoms with Gasteiger partial charge in [-0.3, -0.25) is 4.79 Å². The van der Waals surface area contributed by atoms with Gasteiger partial charge in [-0.2, -0.15) is 0 Å². The van der Waals surface area contributed by atoms with Crippen molar-refractivity contribution in [3.05, 3.63) is 47.5 Å². The van der Waals surface area contributed by atoms with Crippen LogP contribution in [-0.2, 0) is 11.2 Å². The highest BCUT2D eigenvalue weighted by Crippen LogP contribution is 2.41. The molecule has 1 N–H and O–H groups in total. The van der Waals surface area contributed by atoms with Crippen molar-refractivity contribution in [3.8, 4) is 17.2 Å². The lowest BCUT2D eigenvalue weighted by molar-refractivity contribution is -0.117. The number of ether oxygens (including phenoxy) is 3. The van der Waals surface area contributed by atoms with Crippen LogP contribution < -0.4 is 19.5 Å². The van der Waals surface area contributed by atoms with E-state index in [0.29, 0.717) is 23.7 Å². The molecule has 0 aromatic heterocycles. The first-order valence-electron chi connectivity index (χ1n) is 7.36. The van der Waals surface area contributed by atoms with Gasteiger partial charge >= 0.3 is 0 Å². The van der Waals surface area contributed by atoms with Crippen LogP contribution in [0, 0.1) is 0 Å². The number of carbonyl (C=O) groups excluding carboxylic acids is 1. The molecule has 23 heavy (non-hydrogen) atoms. The van der Waals surface area contributed by atoms with Crippen molar-refractivity contribution in [1.29, 1.82) is 0 Å². The summed E-state index contributed by atoms with van der Waals surface area (Å²) in [5.74, 6) is 1.68. The van der Waals surface area contributed by atoms with E-state index in [1.807, 2.05) is 24.3 Å². The quantitative estimate of drug-likeness (QED) is 0.922. The monoisotopic (exact) mass is 313 g/mol. The highest BCUT2D eigenvalue weighted by atomic mass is 16.5. The Morgan fingerprint density at radius 2 is 1.65 bits per heavy atom. The molecule has 3 rings (SSSR count). The number of nitrogens with one attached hydrogen (secondary N) is 1. The number of methoxy groups -OCH3 is 3. The Balaban J connectivity index is 2.01. The minimum atomic E-state index is -0.262. The lowest BCUT2D eigenvalue weighted by Gasteiger charge is -2.17. The molecule has 1 atom stereocenters. The van der Waals surface area contributed by atoms with Crippen molar-refractivity contribution in [2.24, 2.45) is 0 Å². The third-order valence-corrected chi connectivity index (χ3v) is 4.14. The Bertz CT molecular complexity index is 717. The summed E-state index contributed by atoms with van der Waals surface area (Å²) in [7, 11) is 4.79. The number of hydrogen-bond donors (Lipinski definition) is 1. The van der Waals surface area contributed by atoms with Gasteiger partial charge in [-0.1, -0.05) is 18.2 Å². The molecule has 0 bridgehead atoms. The Morgan fingerprint density at radius 3 is 2.26 bits per heavy atom. The molecule has 0 saturated carbocycles. The van der Waals surface area contributed by atoms with Crippen LogP contribution in [0.25, 0.3) is 0 Å². The fourth-order valence-corrected chi connectivity index (χ4v) is 2.96. The van der Waals surface area contributed by atoms with Crippen molar-refractivity contribution in [2.45, 2.75) is 12.3 Å². The lowest BCUT2D eigenvalue weighted by Crippen LogP contribution is -2.15. The highest BCUT2D eigenvalue weighted by Gasteiger charge is 2.32.